The molecular formula is C18H28N2O4. The molecule has 1 aromatic rings. The molecule has 1 N–H and O–H groups in total. The molecule has 2 aliphatic heterocycles. The zero-order chi connectivity index (χ0) is 17.4. The van der Waals surface area contributed by atoms with Crippen molar-refractivity contribution in [2.24, 2.45) is 5.41 Å². The van der Waals surface area contributed by atoms with Crippen LogP contribution in [0.1, 0.15) is 51.7 Å². The van der Waals surface area contributed by atoms with Crippen molar-refractivity contribution in [3.63, 3.8) is 0 Å². The Labute approximate surface area is 143 Å². The quantitative estimate of drug-likeness (QED) is 0.921. The lowest BCUT2D eigenvalue weighted by Crippen LogP contribution is -2.45. The molecule has 2 saturated heterocycles. The van der Waals surface area contributed by atoms with Crippen LogP contribution in [0.4, 0.5) is 4.79 Å². The number of ether oxygens (including phenoxy) is 2. The van der Waals surface area contributed by atoms with Crippen molar-refractivity contribution >= 4 is 6.03 Å². The molecule has 0 aliphatic carbocycles. The van der Waals surface area contributed by atoms with Crippen LogP contribution in [-0.4, -0.2) is 43.0 Å². The molecule has 134 valence electrons. The van der Waals surface area contributed by atoms with Gasteiger partial charge in [-0.2, -0.15) is 0 Å². The first-order valence-corrected chi connectivity index (χ1v) is 8.75. The third-order valence-corrected chi connectivity index (χ3v) is 4.74. The number of carbonyl (C=O) groups is 1. The van der Waals surface area contributed by atoms with Gasteiger partial charge in [0.2, 0.25) is 0 Å². The smallest absolute Gasteiger partial charge is 0.318 e. The van der Waals surface area contributed by atoms with Crippen LogP contribution in [0.5, 0.6) is 0 Å². The molecule has 2 aliphatic rings. The second-order valence-corrected chi connectivity index (χ2v) is 7.69. The van der Waals surface area contributed by atoms with E-state index < -0.39 is 5.79 Å². The molecule has 0 aromatic carbocycles. The molecule has 6 heteroatoms. The van der Waals surface area contributed by atoms with E-state index in [1.807, 2.05) is 12.1 Å². The van der Waals surface area contributed by atoms with E-state index in [1.54, 1.807) is 4.90 Å². The summed E-state index contributed by atoms with van der Waals surface area (Å²) in [6, 6.07) is 3.65. The fourth-order valence-electron chi connectivity index (χ4n) is 3.33. The highest BCUT2D eigenvalue weighted by Gasteiger charge is 2.45. The van der Waals surface area contributed by atoms with Crippen LogP contribution < -0.4 is 5.32 Å². The van der Waals surface area contributed by atoms with Gasteiger partial charge in [0.15, 0.2) is 5.79 Å². The lowest BCUT2D eigenvalue weighted by Gasteiger charge is -2.32. The topological polar surface area (TPSA) is 63.9 Å². The summed E-state index contributed by atoms with van der Waals surface area (Å²) in [5.74, 6) is 1.14. The number of rotatable bonds is 3. The Morgan fingerprint density at radius 2 is 2.04 bits per heavy atom. The molecule has 3 heterocycles. The molecule has 1 spiro atoms. The summed E-state index contributed by atoms with van der Waals surface area (Å²) in [5, 5.41) is 3.14. The van der Waals surface area contributed by atoms with Gasteiger partial charge >= 0.3 is 6.03 Å². The van der Waals surface area contributed by atoms with Crippen molar-refractivity contribution in [1.29, 1.82) is 0 Å². The van der Waals surface area contributed by atoms with Gasteiger partial charge in [-0.3, -0.25) is 0 Å². The van der Waals surface area contributed by atoms with Gasteiger partial charge in [0, 0.05) is 19.4 Å². The van der Waals surface area contributed by atoms with Crippen molar-refractivity contribution in [2.75, 3.05) is 26.3 Å². The zero-order valence-corrected chi connectivity index (χ0v) is 15.1. The lowest BCUT2D eigenvalue weighted by molar-refractivity contribution is -0.143. The molecule has 2 fully saturated rings. The Kier molecular flexibility index (Phi) is 4.62. The summed E-state index contributed by atoms with van der Waals surface area (Å²) in [7, 11) is 0. The monoisotopic (exact) mass is 336 g/mol. The van der Waals surface area contributed by atoms with Crippen molar-refractivity contribution in [2.45, 2.75) is 52.4 Å². The number of urea groups is 1. The van der Waals surface area contributed by atoms with Gasteiger partial charge in [0.25, 0.3) is 0 Å². The number of hydrogen-bond acceptors (Lipinski definition) is 4. The van der Waals surface area contributed by atoms with Crippen LogP contribution in [-0.2, 0) is 15.9 Å². The predicted octanol–water partition coefficient (Wildman–Crippen LogP) is 3.09. The molecule has 3 rings (SSSR count). The molecule has 0 saturated carbocycles. The van der Waals surface area contributed by atoms with Crippen LogP contribution in [0.2, 0.25) is 0 Å². The number of furan rings is 1. The first kappa shape index (κ1) is 17.3. The first-order valence-electron chi connectivity index (χ1n) is 8.75. The molecule has 1 aromatic heterocycles. The highest BCUT2D eigenvalue weighted by Crippen LogP contribution is 2.35. The number of hydrogen-bond donors (Lipinski definition) is 1. The van der Waals surface area contributed by atoms with Gasteiger partial charge in [-0.1, -0.05) is 27.7 Å². The Balaban J connectivity index is 1.70. The SMILES string of the molecule is CCc1ccc([C@H](NC(=O)N2CCC3(C2)OCCO3)C(C)(C)C)o1. The van der Waals surface area contributed by atoms with E-state index >= 15 is 0 Å². The molecular weight excluding hydrogens is 308 g/mol. The van der Waals surface area contributed by atoms with Gasteiger partial charge in [-0.25, -0.2) is 4.79 Å². The Hall–Kier alpha value is -1.53. The van der Waals surface area contributed by atoms with E-state index in [1.165, 1.54) is 0 Å². The second kappa shape index (κ2) is 6.41. The molecule has 1 atom stereocenters. The van der Waals surface area contributed by atoms with Crippen LogP contribution in [0, 0.1) is 5.41 Å². The Bertz CT molecular complexity index is 584. The van der Waals surface area contributed by atoms with Crippen molar-refractivity contribution in [3.05, 3.63) is 23.7 Å². The van der Waals surface area contributed by atoms with Crippen LogP contribution in [0.25, 0.3) is 0 Å². The number of nitrogens with zero attached hydrogens (tertiary/aromatic N) is 1. The highest BCUT2D eigenvalue weighted by molar-refractivity contribution is 5.75. The van der Waals surface area contributed by atoms with Gasteiger partial charge in [-0.05, 0) is 17.5 Å². The minimum absolute atomic E-state index is 0.0969. The summed E-state index contributed by atoms with van der Waals surface area (Å²) in [4.78, 5) is 14.5. The maximum absolute atomic E-state index is 12.8. The average Bonchev–Trinajstić information content (AvgIpc) is 3.25. The number of carbonyl (C=O) groups excluding carboxylic acids is 1. The van der Waals surface area contributed by atoms with Crippen LogP contribution in [0.15, 0.2) is 16.5 Å². The summed E-state index contributed by atoms with van der Waals surface area (Å²) < 4.78 is 17.3. The van der Waals surface area contributed by atoms with E-state index in [4.69, 9.17) is 13.9 Å². The Morgan fingerprint density at radius 1 is 1.33 bits per heavy atom. The minimum Gasteiger partial charge on any atom is -0.464 e. The maximum Gasteiger partial charge on any atom is 0.318 e. The van der Waals surface area contributed by atoms with Crippen molar-refractivity contribution < 1.29 is 18.7 Å². The number of aryl methyl sites for hydroxylation is 1. The normalized spacial score (nSPS) is 21.4. The third-order valence-electron chi connectivity index (χ3n) is 4.74. The van der Waals surface area contributed by atoms with Crippen LogP contribution in [0.3, 0.4) is 0 Å². The van der Waals surface area contributed by atoms with Crippen molar-refractivity contribution in [3.8, 4) is 0 Å². The zero-order valence-electron chi connectivity index (χ0n) is 15.1. The third kappa shape index (κ3) is 3.44. The largest absolute Gasteiger partial charge is 0.464 e. The molecule has 0 unspecified atom stereocenters. The van der Waals surface area contributed by atoms with E-state index in [0.29, 0.717) is 26.3 Å². The number of nitrogens with one attached hydrogen (secondary N) is 1. The summed E-state index contributed by atoms with van der Waals surface area (Å²) in [6.45, 7) is 10.7. The van der Waals surface area contributed by atoms with Crippen molar-refractivity contribution in [1.82, 2.24) is 10.2 Å². The van der Waals surface area contributed by atoms with Gasteiger partial charge in [0.1, 0.15) is 11.5 Å². The fraction of sp³-hybridized carbons (Fsp3) is 0.722. The van der Waals surface area contributed by atoms with E-state index in [2.05, 4.69) is 33.0 Å². The van der Waals surface area contributed by atoms with E-state index in [-0.39, 0.29) is 17.5 Å². The second-order valence-electron chi connectivity index (χ2n) is 7.69. The summed E-state index contributed by atoms with van der Waals surface area (Å²) in [6.07, 6.45) is 1.56. The van der Waals surface area contributed by atoms with Gasteiger partial charge in [-0.15, -0.1) is 0 Å². The lowest BCUT2D eigenvalue weighted by atomic mass is 9.85. The molecule has 24 heavy (non-hydrogen) atoms. The average molecular weight is 336 g/mol. The molecule has 0 radical (unpaired) electrons. The van der Waals surface area contributed by atoms with E-state index in [9.17, 15) is 4.79 Å². The molecule has 0 bridgehead atoms. The number of amides is 2. The summed E-state index contributed by atoms with van der Waals surface area (Å²) >= 11 is 0. The maximum atomic E-state index is 12.8. The fourth-order valence-corrected chi connectivity index (χ4v) is 3.33. The standard InChI is InChI=1S/C18H28N2O4/c1-5-13-6-7-14(24-13)15(17(2,3)4)19-16(21)20-9-8-18(12-20)22-10-11-23-18/h6-7,15H,5,8-12H2,1-4H3,(H,19,21)/t15-/m0/s1. The minimum atomic E-state index is -0.589. The summed E-state index contributed by atoms with van der Waals surface area (Å²) in [5.41, 5.74) is -0.156. The molecule has 6 nitrogen and oxygen atoms in total. The van der Waals surface area contributed by atoms with Gasteiger partial charge in [0.05, 0.1) is 25.8 Å². The van der Waals surface area contributed by atoms with E-state index in [0.717, 1.165) is 24.4 Å². The number of likely N-dealkylation sites (tertiary alicyclic amines) is 1. The Morgan fingerprint density at radius 3 is 2.62 bits per heavy atom. The predicted molar refractivity (Wildman–Crippen MR) is 89.6 cm³/mol. The molecule has 2 amide bonds. The highest BCUT2D eigenvalue weighted by atomic mass is 16.7. The van der Waals surface area contributed by atoms with Crippen LogP contribution >= 0.6 is 0 Å². The van der Waals surface area contributed by atoms with Gasteiger partial charge < -0.3 is 24.1 Å². The first-order chi connectivity index (χ1) is 11.3.